The van der Waals surface area contributed by atoms with Gasteiger partial charge in [0.05, 0.1) is 12.3 Å². The Hall–Kier alpha value is -2.34. The zero-order valence-corrected chi connectivity index (χ0v) is 13.9. The van der Waals surface area contributed by atoms with Crippen LogP contribution < -0.4 is 5.32 Å². The number of anilines is 1. The van der Waals surface area contributed by atoms with Gasteiger partial charge >= 0.3 is 6.03 Å². The Bertz CT molecular complexity index is 652. The predicted molar refractivity (Wildman–Crippen MR) is 90.3 cm³/mol. The topological polar surface area (TPSA) is 70.4 Å². The number of nitrogens with zero attached hydrogens (tertiary/aromatic N) is 3. The van der Waals surface area contributed by atoms with Crippen molar-refractivity contribution in [1.29, 1.82) is 0 Å². The third-order valence-corrected chi connectivity index (χ3v) is 3.80. The molecule has 0 saturated carbocycles. The van der Waals surface area contributed by atoms with Crippen molar-refractivity contribution in [3.63, 3.8) is 0 Å². The fraction of sp³-hybridized carbons (Fsp3) is 0.412. The summed E-state index contributed by atoms with van der Waals surface area (Å²) in [6.07, 6.45) is 0.800. The van der Waals surface area contributed by atoms with Crippen LogP contribution in [0.3, 0.4) is 0 Å². The van der Waals surface area contributed by atoms with E-state index in [1.807, 2.05) is 51.2 Å². The minimum absolute atomic E-state index is 0.0781. The second kappa shape index (κ2) is 7.78. The Morgan fingerprint density at radius 1 is 1.35 bits per heavy atom. The van der Waals surface area contributed by atoms with Crippen LogP contribution in [0.15, 0.2) is 30.3 Å². The van der Waals surface area contributed by atoms with Crippen LogP contribution in [0, 0.1) is 6.92 Å². The van der Waals surface area contributed by atoms with E-state index in [1.165, 1.54) is 0 Å². The van der Waals surface area contributed by atoms with Crippen LogP contribution in [0.2, 0.25) is 0 Å². The number of carbonyl (C=O) groups excluding carboxylic acids is 1. The molecule has 2 aromatic rings. The number of aromatic nitrogens is 2. The molecule has 0 saturated heterocycles. The van der Waals surface area contributed by atoms with E-state index in [2.05, 4.69) is 10.4 Å². The van der Waals surface area contributed by atoms with Crippen LogP contribution in [0.4, 0.5) is 10.6 Å². The summed E-state index contributed by atoms with van der Waals surface area (Å²) < 4.78 is 1.69. The van der Waals surface area contributed by atoms with Gasteiger partial charge in [0.1, 0.15) is 5.82 Å². The highest BCUT2D eigenvalue weighted by molar-refractivity contribution is 5.89. The van der Waals surface area contributed by atoms with E-state index in [1.54, 1.807) is 9.58 Å². The molecule has 2 amide bonds. The van der Waals surface area contributed by atoms with Crippen molar-refractivity contribution < 1.29 is 9.90 Å². The van der Waals surface area contributed by atoms with Gasteiger partial charge in [-0.2, -0.15) is 5.10 Å². The summed E-state index contributed by atoms with van der Waals surface area (Å²) in [6, 6.07) is 9.49. The Labute approximate surface area is 136 Å². The maximum atomic E-state index is 12.6. The number of hydrogen-bond acceptors (Lipinski definition) is 3. The molecule has 0 radical (unpaired) electrons. The summed E-state index contributed by atoms with van der Waals surface area (Å²) in [5, 5.41) is 16.5. The molecule has 1 aromatic heterocycles. The van der Waals surface area contributed by atoms with Gasteiger partial charge in [-0.05, 0) is 18.9 Å². The van der Waals surface area contributed by atoms with Crippen LogP contribution >= 0.6 is 0 Å². The molecule has 0 fully saturated rings. The third kappa shape index (κ3) is 4.10. The molecule has 0 atom stereocenters. The van der Waals surface area contributed by atoms with Gasteiger partial charge in [-0.3, -0.25) is 10.00 Å². The normalized spacial score (nSPS) is 10.6. The van der Waals surface area contributed by atoms with Gasteiger partial charge in [0.15, 0.2) is 0 Å². The molecule has 0 bridgehead atoms. The van der Waals surface area contributed by atoms with E-state index in [0.29, 0.717) is 12.4 Å². The standard InChI is InChI=1S/C17H24N4O2/c1-4-15-13(2)19-20(3)16(15)18-17(23)21(10-11-22)12-14-8-6-5-7-9-14/h5-9,22H,4,10-12H2,1-3H3,(H,18,23). The number of urea groups is 1. The van der Waals surface area contributed by atoms with Crippen molar-refractivity contribution in [3.05, 3.63) is 47.2 Å². The predicted octanol–water partition coefficient (Wildman–Crippen LogP) is 2.32. The second-order valence-electron chi connectivity index (χ2n) is 5.45. The molecule has 6 heteroatoms. The number of hydrogen-bond donors (Lipinski definition) is 2. The number of benzene rings is 1. The second-order valence-corrected chi connectivity index (χ2v) is 5.45. The molecule has 2 rings (SSSR count). The highest BCUT2D eigenvalue weighted by atomic mass is 16.3. The number of aliphatic hydroxyl groups excluding tert-OH is 1. The van der Waals surface area contributed by atoms with Crippen molar-refractivity contribution >= 4 is 11.8 Å². The maximum Gasteiger partial charge on any atom is 0.323 e. The first kappa shape index (κ1) is 17.0. The SMILES string of the molecule is CCc1c(C)nn(C)c1NC(=O)N(CCO)Cc1ccccc1. The van der Waals surface area contributed by atoms with Crippen LogP contribution in [-0.2, 0) is 20.0 Å². The molecular formula is C17H24N4O2. The molecule has 0 aliphatic carbocycles. The summed E-state index contributed by atoms with van der Waals surface area (Å²) in [7, 11) is 1.81. The van der Waals surface area contributed by atoms with Gasteiger partial charge in [-0.1, -0.05) is 37.3 Å². The number of nitrogens with one attached hydrogen (secondary N) is 1. The summed E-state index contributed by atoms with van der Waals surface area (Å²) >= 11 is 0. The minimum Gasteiger partial charge on any atom is -0.395 e. The smallest absolute Gasteiger partial charge is 0.323 e. The number of amides is 2. The van der Waals surface area contributed by atoms with Gasteiger partial charge in [0.2, 0.25) is 0 Å². The third-order valence-electron chi connectivity index (χ3n) is 3.80. The molecular weight excluding hydrogens is 292 g/mol. The van der Waals surface area contributed by atoms with Crippen molar-refractivity contribution in [2.75, 3.05) is 18.5 Å². The van der Waals surface area contributed by atoms with E-state index in [-0.39, 0.29) is 19.2 Å². The first-order valence-electron chi connectivity index (χ1n) is 7.80. The lowest BCUT2D eigenvalue weighted by atomic mass is 10.2. The number of carbonyl (C=O) groups is 1. The maximum absolute atomic E-state index is 12.6. The number of rotatable bonds is 6. The monoisotopic (exact) mass is 316 g/mol. The summed E-state index contributed by atoms with van der Waals surface area (Å²) in [5.74, 6) is 0.714. The van der Waals surface area contributed by atoms with Gasteiger partial charge < -0.3 is 10.0 Å². The van der Waals surface area contributed by atoms with E-state index in [4.69, 9.17) is 0 Å². The fourth-order valence-electron chi connectivity index (χ4n) is 2.64. The Balaban J connectivity index is 2.15. The Morgan fingerprint density at radius 3 is 2.65 bits per heavy atom. The van der Waals surface area contributed by atoms with Crippen LogP contribution in [0.25, 0.3) is 0 Å². The van der Waals surface area contributed by atoms with Gasteiger partial charge in [-0.25, -0.2) is 4.79 Å². The summed E-state index contributed by atoms with van der Waals surface area (Å²) in [6.45, 7) is 4.62. The molecule has 6 nitrogen and oxygen atoms in total. The summed E-state index contributed by atoms with van der Waals surface area (Å²) in [4.78, 5) is 14.2. The lowest BCUT2D eigenvalue weighted by Crippen LogP contribution is -2.37. The first-order valence-corrected chi connectivity index (χ1v) is 7.80. The Kier molecular flexibility index (Phi) is 5.76. The molecule has 0 unspecified atom stereocenters. The molecule has 1 heterocycles. The van der Waals surface area contributed by atoms with E-state index < -0.39 is 0 Å². The molecule has 124 valence electrons. The van der Waals surface area contributed by atoms with E-state index in [0.717, 1.165) is 23.2 Å². The molecule has 23 heavy (non-hydrogen) atoms. The molecule has 0 spiro atoms. The van der Waals surface area contributed by atoms with Gasteiger partial charge in [-0.15, -0.1) is 0 Å². The zero-order valence-electron chi connectivity index (χ0n) is 13.9. The average molecular weight is 316 g/mol. The van der Waals surface area contributed by atoms with Crippen molar-refractivity contribution in [3.8, 4) is 0 Å². The molecule has 0 aliphatic heterocycles. The quantitative estimate of drug-likeness (QED) is 0.859. The minimum atomic E-state index is -0.236. The van der Waals surface area contributed by atoms with Gasteiger partial charge in [0, 0.05) is 25.7 Å². The highest BCUT2D eigenvalue weighted by Gasteiger charge is 2.18. The zero-order chi connectivity index (χ0) is 16.8. The fourth-order valence-corrected chi connectivity index (χ4v) is 2.64. The number of aliphatic hydroxyl groups is 1. The van der Waals surface area contributed by atoms with E-state index >= 15 is 0 Å². The Morgan fingerprint density at radius 2 is 2.04 bits per heavy atom. The van der Waals surface area contributed by atoms with Crippen LogP contribution in [0.1, 0.15) is 23.7 Å². The number of aryl methyl sites for hydroxylation is 2. The average Bonchev–Trinajstić information content (AvgIpc) is 2.81. The van der Waals surface area contributed by atoms with E-state index in [9.17, 15) is 9.90 Å². The van der Waals surface area contributed by atoms with Crippen LogP contribution in [0.5, 0.6) is 0 Å². The molecule has 2 N–H and O–H groups in total. The molecule has 0 aliphatic rings. The lowest BCUT2D eigenvalue weighted by molar-refractivity contribution is 0.185. The largest absolute Gasteiger partial charge is 0.395 e. The lowest BCUT2D eigenvalue weighted by Gasteiger charge is -2.22. The van der Waals surface area contributed by atoms with Gasteiger partial charge in [0.25, 0.3) is 0 Å². The summed E-state index contributed by atoms with van der Waals surface area (Å²) in [5.41, 5.74) is 2.97. The van der Waals surface area contributed by atoms with Crippen molar-refractivity contribution in [2.45, 2.75) is 26.8 Å². The van der Waals surface area contributed by atoms with Crippen molar-refractivity contribution in [2.24, 2.45) is 7.05 Å². The van der Waals surface area contributed by atoms with Crippen molar-refractivity contribution in [1.82, 2.24) is 14.7 Å². The highest BCUT2D eigenvalue weighted by Crippen LogP contribution is 2.20. The molecule has 1 aromatic carbocycles. The van der Waals surface area contributed by atoms with Crippen LogP contribution in [-0.4, -0.2) is 39.0 Å². The first-order chi connectivity index (χ1) is 11.1.